The molecule has 0 aromatic heterocycles. The summed E-state index contributed by atoms with van der Waals surface area (Å²) in [5.41, 5.74) is 1.77. The van der Waals surface area contributed by atoms with Crippen LogP contribution in [0.15, 0.2) is 48.5 Å². The van der Waals surface area contributed by atoms with Crippen LogP contribution in [-0.4, -0.2) is 11.6 Å². The number of fused-ring (bicyclic) bond motifs is 1. The fourth-order valence-electron chi connectivity index (χ4n) is 2.58. The number of hydrogen-bond acceptors (Lipinski definition) is 2. The van der Waals surface area contributed by atoms with Crippen molar-refractivity contribution in [3.8, 4) is 0 Å². The summed E-state index contributed by atoms with van der Waals surface area (Å²) in [6.07, 6.45) is 0. The molecule has 0 spiro atoms. The molecule has 0 radical (unpaired) electrons. The Balaban J connectivity index is 2.13. The second kappa shape index (κ2) is 4.53. The molecule has 0 saturated carbocycles. The topological polar surface area (TPSA) is 32.3 Å². The van der Waals surface area contributed by atoms with Gasteiger partial charge in [0.2, 0.25) is 0 Å². The Hall–Kier alpha value is -2.00. The number of hydrogen-bond donors (Lipinski definition) is 1. The van der Waals surface area contributed by atoms with E-state index in [0.29, 0.717) is 10.6 Å². The summed E-state index contributed by atoms with van der Waals surface area (Å²) >= 11 is 6.01. The molecule has 1 amide bonds. The number of rotatable bonds is 1. The third-order valence-corrected chi connectivity index (χ3v) is 3.66. The highest BCUT2D eigenvalue weighted by Gasteiger charge is 2.38. The van der Waals surface area contributed by atoms with E-state index in [9.17, 15) is 4.79 Å². The number of benzene rings is 2. The van der Waals surface area contributed by atoms with Crippen molar-refractivity contribution in [1.82, 2.24) is 0 Å². The lowest BCUT2D eigenvalue weighted by Crippen LogP contribution is -2.56. The maximum Gasteiger partial charge on any atom is 0.262 e. The second-order valence-electron chi connectivity index (χ2n) is 5.35. The Kier molecular flexibility index (Phi) is 2.94. The number of halogens is 1. The van der Waals surface area contributed by atoms with E-state index in [1.165, 1.54) is 0 Å². The molecule has 2 aromatic rings. The van der Waals surface area contributed by atoms with Crippen molar-refractivity contribution in [3.05, 3.63) is 59.1 Å². The van der Waals surface area contributed by atoms with Crippen molar-refractivity contribution in [1.29, 1.82) is 0 Å². The van der Waals surface area contributed by atoms with E-state index in [-0.39, 0.29) is 5.91 Å². The Bertz CT molecular complexity index is 667. The molecule has 0 saturated heterocycles. The van der Waals surface area contributed by atoms with Crippen LogP contribution in [0.4, 0.5) is 11.4 Å². The van der Waals surface area contributed by atoms with E-state index in [1.54, 1.807) is 23.1 Å². The number of anilines is 2. The first-order valence-corrected chi connectivity index (χ1v) is 6.84. The third-order valence-electron chi connectivity index (χ3n) is 3.43. The molecule has 0 aliphatic carbocycles. The maximum atomic E-state index is 12.8. The van der Waals surface area contributed by atoms with E-state index in [2.05, 4.69) is 5.32 Å². The molecule has 0 fully saturated rings. The second-order valence-corrected chi connectivity index (χ2v) is 5.79. The predicted octanol–water partition coefficient (Wildman–Crippen LogP) is 4.15. The Morgan fingerprint density at radius 1 is 1.10 bits per heavy atom. The zero-order chi connectivity index (χ0) is 14.3. The summed E-state index contributed by atoms with van der Waals surface area (Å²) in [5.74, 6) is -0.0217. The van der Waals surface area contributed by atoms with Crippen LogP contribution in [0.3, 0.4) is 0 Å². The first kappa shape index (κ1) is 13.0. The van der Waals surface area contributed by atoms with Gasteiger partial charge in [0.25, 0.3) is 5.91 Å². The summed E-state index contributed by atoms with van der Waals surface area (Å²) in [5, 5.41) is 4.00. The molecule has 1 N–H and O–H groups in total. The first-order valence-electron chi connectivity index (χ1n) is 6.46. The summed E-state index contributed by atoms with van der Waals surface area (Å²) < 4.78 is 0. The summed E-state index contributed by atoms with van der Waals surface area (Å²) in [4.78, 5) is 14.6. The van der Waals surface area contributed by atoms with E-state index in [4.69, 9.17) is 11.6 Å². The molecule has 102 valence electrons. The maximum absolute atomic E-state index is 12.8. The monoisotopic (exact) mass is 286 g/mol. The zero-order valence-electron chi connectivity index (χ0n) is 11.4. The van der Waals surface area contributed by atoms with Crippen molar-refractivity contribution in [2.75, 3.05) is 10.2 Å². The van der Waals surface area contributed by atoms with E-state index < -0.39 is 5.66 Å². The lowest BCUT2D eigenvalue weighted by molar-refractivity contribution is 0.0961. The number of amides is 1. The fraction of sp³-hybridized carbons (Fsp3) is 0.188. The smallest absolute Gasteiger partial charge is 0.262 e. The van der Waals surface area contributed by atoms with Gasteiger partial charge in [-0.15, -0.1) is 0 Å². The average Bonchev–Trinajstić information content (AvgIpc) is 2.38. The van der Waals surface area contributed by atoms with E-state index in [1.807, 2.05) is 44.2 Å². The number of nitrogens with zero attached hydrogens (tertiary/aromatic N) is 1. The number of carbonyl (C=O) groups excluding carboxylic acids is 1. The SMILES string of the molecule is CC1(C)Nc2cc(Cl)ccc2C(=O)N1c1ccccc1. The van der Waals surface area contributed by atoms with Gasteiger partial charge in [0.1, 0.15) is 5.66 Å². The van der Waals surface area contributed by atoms with Gasteiger partial charge in [-0.1, -0.05) is 29.8 Å². The van der Waals surface area contributed by atoms with Gasteiger partial charge < -0.3 is 5.32 Å². The Labute approximate surface area is 123 Å². The minimum atomic E-state index is -0.518. The minimum Gasteiger partial charge on any atom is -0.362 e. The van der Waals surface area contributed by atoms with Crippen LogP contribution in [0, 0.1) is 0 Å². The zero-order valence-corrected chi connectivity index (χ0v) is 12.1. The van der Waals surface area contributed by atoms with Crippen molar-refractivity contribution in [2.45, 2.75) is 19.5 Å². The molecular weight excluding hydrogens is 272 g/mol. The molecule has 3 rings (SSSR count). The van der Waals surface area contributed by atoms with Crippen molar-refractivity contribution < 1.29 is 4.79 Å². The van der Waals surface area contributed by atoms with Gasteiger partial charge in [-0.25, -0.2) is 0 Å². The largest absolute Gasteiger partial charge is 0.362 e. The molecule has 1 heterocycles. The van der Waals surface area contributed by atoms with Crippen LogP contribution < -0.4 is 10.2 Å². The molecule has 4 heteroatoms. The molecule has 0 bridgehead atoms. The molecule has 2 aromatic carbocycles. The van der Waals surface area contributed by atoms with Crippen molar-refractivity contribution >= 4 is 28.9 Å². The standard InChI is InChI=1S/C16H15ClN2O/c1-16(2)18-14-10-11(17)8-9-13(14)15(20)19(16)12-6-4-3-5-7-12/h3-10,18H,1-2H3. The van der Waals surface area contributed by atoms with Gasteiger partial charge in [0.15, 0.2) is 0 Å². The highest BCUT2D eigenvalue weighted by Crippen LogP contribution is 2.35. The Morgan fingerprint density at radius 3 is 2.50 bits per heavy atom. The fourth-order valence-corrected chi connectivity index (χ4v) is 2.76. The molecule has 3 nitrogen and oxygen atoms in total. The van der Waals surface area contributed by atoms with Crippen molar-refractivity contribution in [3.63, 3.8) is 0 Å². The molecule has 0 atom stereocenters. The van der Waals surface area contributed by atoms with Gasteiger partial charge in [0, 0.05) is 10.7 Å². The average molecular weight is 287 g/mol. The lowest BCUT2D eigenvalue weighted by Gasteiger charge is -2.44. The first-order chi connectivity index (χ1) is 9.49. The minimum absolute atomic E-state index is 0.0217. The molecular formula is C16H15ClN2O. The lowest BCUT2D eigenvalue weighted by atomic mass is 10.0. The predicted molar refractivity (Wildman–Crippen MR) is 82.4 cm³/mol. The normalized spacial score (nSPS) is 16.6. The molecule has 1 aliphatic rings. The van der Waals surface area contributed by atoms with Gasteiger partial charge in [-0.05, 0) is 44.2 Å². The van der Waals surface area contributed by atoms with E-state index in [0.717, 1.165) is 11.4 Å². The number of nitrogens with one attached hydrogen (secondary N) is 1. The summed E-state index contributed by atoms with van der Waals surface area (Å²) in [7, 11) is 0. The van der Waals surface area contributed by atoms with Crippen LogP contribution in [0.25, 0.3) is 0 Å². The summed E-state index contributed by atoms with van der Waals surface area (Å²) in [6, 6.07) is 14.9. The highest BCUT2D eigenvalue weighted by atomic mass is 35.5. The summed E-state index contributed by atoms with van der Waals surface area (Å²) in [6.45, 7) is 3.95. The van der Waals surface area contributed by atoms with Crippen LogP contribution in [0.2, 0.25) is 5.02 Å². The molecule has 20 heavy (non-hydrogen) atoms. The van der Waals surface area contributed by atoms with E-state index >= 15 is 0 Å². The van der Waals surface area contributed by atoms with Crippen LogP contribution in [0.1, 0.15) is 24.2 Å². The van der Waals surface area contributed by atoms with Gasteiger partial charge in [0.05, 0.1) is 11.3 Å². The molecule has 0 unspecified atom stereocenters. The number of carbonyl (C=O) groups is 1. The van der Waals surface area contributed by atoms with Crippen LogP contribution in [0.5, 0.6) is 0 Å². The number of para-hydroxylation sites is 1. The van der Waals surface area contributed by atoms with Crippen LogP contribution >= 0.6 is 11.6 Å². The van der Waals surface area contributed by atoms with Gasteiger partial charge in [-0.2, -0.15) is 0 Å². The van der Waals surface area contributed by atoms with Gasteiger partial charge >= 0.3 is 0 Å². The van der Waals surface area contributed by atoms with Crippen LogP contribution in [-0.2, 0) is 0 Å². The molecule has 1 aliphatic heterocycles. The van der Waals surface area contributed by atoms with Gasteiger partial charge in [-0.3, -0.25) is 9.69 Å². The highest BCUT2D eigenvalue weighted by molar-refractivity contribution is 6.31. The Morgan fingerprint density at radius 2 is 1.80 bits per heavy atom. The third kappa shape index (κ3) is 2.04. The quantitative estimate of drug-likeness (QED) is 0.854. The van der Waals surface area contributed by atoms with Crippen molar-refractivity contribution in [2.24, 2.45) is 0 Å².